The van der Waals surface area contributed by atoms with E-state index in [0.29, 0.717) is 4.31 Å². The van der Waals surface area contributed by atoms with Crippen LogP contribution in [0, 0.1) is 5.82 Å². The van der Waals surface area contributed by atoms with Gasteiger partial charge in [-0.3, -0.25) is 4.79 Å². The van der Waals surface area contributed by atoms with Crippen molar-refractivity contribution in [3.05, 3.63) is 29.0 Å². The van der Waals surface area contributed by atoms with Crippen molar-refractivity contribution in [3.63, 3.8) is 0 Å². The summed E-state index contributed by atoms with van der Waals surface area (Å²) in [6, 6.07) is 1.40. The number of carbonyl (C=O) groups is 1. The van der Waals surface area contributed by atoms with Crippen LogP contribution < -0.4 is 0 Å². The molecule has 0 radical (unpaired) electrons. The van der Waals surface area contributed by atoms with Gasteiger partial charge in [-0.1, -0.05) is 11.6 Å². The van der Waals surface area contributed by atoms with Gasteiger partial charge in [0.2, 0.25) is 10.0 Å². The molecule has 1 saturated heterocycles. The standard InChI is InChI=1S/C11H11ClFNO5S/c12-8-2-1-6(13)3-10(8)20(18,19)14-5-7(15)4-9(14)11(16)17/h1-3,7,9,15H,4-5H2,(H,16,17)/t7-,9-/m1/s1. The molecule has 0 aromatic heterocycles. The Kier molecular flexibility index (Phi) is 4.01. The number of aliphatic hydroxyl groups excluding tert-OH is 1. The van der Waals surface area contributed by atoms with Crippen molar-refractivity contribution in [1.29, 1.82) is 0 Å². The normalized spacial score (nSPS) is 23.9. The van der Waals surface area contributed by atoms with Gasteiger partial charge in [-0.15, -0.1) is 0 Å². The number of β-amino-alcohol motifs (C(OH)–C–C–N with tert-alkyl or cyclic N) is 1. The average molecular weight is 324 g/mol. The lowest BCUT2D eigenvalue weighted by molar-refractivity contribution is -0.140. The highest BCUT2D eigenvalue weighted by molar-refractivity contribution is 7.89. The predicted molar refractivity (Wildman–Crippen MR) is 67.3 cm³/mol. The molecule has 0 bridgehead atoms. The van der Waals surface area contributed by atoms with Crippen LogP contribution in [0.2, 0.25) is 5.02 Å². The van der Waals surface area contributed by atoms with Crippen LogP contribution in [0.25, 0.3) is 0 Å². The fourth-order valence-corrected chi connectivity index (χ4v) is 4.19. The zero-order valence-corrected chi connectivity index (χ0v) is 11.6. The van der Waals surface area contributed by atoms with Gasteiger partial charge in [0.25, 0.3) is 0 Å². The van der Waals surface area contributed by atoms with E-state index in [1.54, 1.807) is 0 Å². The molecular weight excluding hydrogens is 313 g/mol. The molecule has 1 aromatic rings. The summed E-state index contributed by atoms with van der Waals surface area (Å²) >= 11 is 5.74. The number of halogens is 2. The van der Waals surface area contributed by atoms with E-state index in [-0.39, 0.29) is 18.0 Å². The van der Waals surface area contributed by atoms with Crippen LogP contribution >= 0.6 is 11.6 Å². The van der Waals surface area contributed by atoms with Crippen LogP contribution in [0.5, 0.6) is 0 Å². The van der Waals surface area contributed by atoms with Crippen LogP contribution in [0.4, 0.5) is 4.39 Å². The number of carboxylic acid groups (broad SMARTS) is 1. The smallest absolute Gasteiger partial charge is 0.322 e. The number of aliphatic carboxylic acids is 1. The lowest BCUT2D eigenvalue weighted by atomic mass is 10.2. The summed E-state index contributed by atoms with van der Waals surface area (Å²) in [6.45, 7) is -0.369. The molecule has 9 heteroatoms. The average Bonchev–Trinajstić information content (AvgIpc) is 2.75. The van der Waals surface area contributed by atoms with E-state index in [9.17, 15) is 22.7 Å². The summed E-state index contributed by atoms with van der Waals surface area (Å²) in [5.41, 5.74) is 0. The van der Waals surface area contributed by atoms with Crippen LogP contribution in [0.1, 0.15) is 6.42 Å². The molecule has 0 unspecified atom stereocenters. The Bertz CT molecular complexity index is 650. The molecule has 0 spiro atoms. The van der Waals surface area contributed by atoms with E-state index >= 15 is 0 Å². The molecule has 1 heterocycles. The molecule has 2 rings (SSSR count). The molecule has 1 aromatic carbocycles. The molecule has 0 aliphatic carbocycles. The second-order valence-corrected chi connectivity index (χ2v) is 6.66. The maximum atomic E-state index is 13.2. The monoisotopic (exact) mass is 323 g/mol. The van der Waals surface area contributed by atoms with Crippen LogP contribution in [-0.2, 0) is 14.8 Å². The van der Waals surface area contributed by atoms with Gasteiger partial charge in [0.05, 0.1) is 11.1 Å². The number of nitrogens with zero attached hydrogens (tertiary/aromatic N) is 1. The molecule has 110 valence electrons. The maximum absolute atomic E-state index is 13.2. The quantitative estimate of drug-likeness (QED) is 0.853. The highest BCUT2D eigenvalue weighted by atomic mass is 35.5. The summed E-state index contributed by atoms with van der Waals surface area (Å²) in [5, 5.41) is 18.3. The Hall–Kier alpha value is -1.22. The third kappa shape index (κ3) is 2.64. The van der Waals surface area contributed by atoms with Gasteiger partial charge in [0.1, 0.15) is 16.8 Å². The predicted octanol–water partition coefficient (Wildman–Crippen LogP) is 0.688. The van der Waals surface area contributed by atoms with Gasteiger partial charge < -0.3 is 10.2 Å². The van der Waals surface area contributed by atoms with E-state index in [1.807, 2.05) is 0 Å². The fraction of sp³-hybridized carbons (Fsp3) is 0.364. The molecule has 6 nitrogen and oxygen atoms in total. The van der Waals surface area contributed by atoms with E-state index in [0.717, 1.165) is 18.2 Å². The third-order valence-corrected chi connectivity index (χ3v) is 5.35. The first-order chi connectivity index (χ1) is 9.23. The lowest BCUT2D eigenvalue weighted by Gasteiger charge is -2.21. The molecule has 2 N–H and O–H groups in total. The molecule has 20 heavy (non-hydrogen) atoms. The van der Waals surface area contributed by atoms with Gasteiger partial charge in [-0.2, -0.15) is 4.31 Å². The molecule has 1 fully saturated rings. The topological polar surface area (TPSA) is 94.9 Å². The highest BCUT2D eigenvalue weighted by Crippen LogP contribution is 2.30. The number of hydrogen-bond donors (Lipinski definition) is 2. The highest BCUT2D eigenvalue weighted by Gasteiger charge is 2.44. The summed E-state index contributed by atoms with van der Waals surface area (Å²) < 4.78 is 38.6. The van der Waals surface area contributed by atoms with Crippen molar-refractivity contribution in [1.82, 2.24) is 4.31 Å². The van der Waals surface area contributed by atoms with E-state index in [1.165, 1.54) is 0 Å². The summed E-state index contributed by atoms with van der Waals surface area (Å²) in [6.07, 6.45) is -1.31. The molecule has 1 aliphatic rings. The summed E-state index contributed by atoms with van der Waals surface area (Å²) in [5.74, 6) is -2.18. The largest absolute Gasteiger partial charge is 0.480 e. The number of rotatable bonds is 3. The zero-order valence-electron chi connectivity index (χ0n) is 10.0. The van der Waals surface area contributed by atoms with Crippen LogP contribution in [-0.4, -0.2) is 47.6 Å². The van der Waals surface area contributed by atoms with Gasteiger partial charge >= 0.3 is 5.97 Å². The molecule has 2 atom stereocenters. The molecule has 0 amide bonds. The second kappa shape index (κ2) is 5.28. The maximum Gasteiger partial charge on any atom is 0.322 e. The Balaban J connectivity index is 2.49. The van der Waals surface area contributed by atoms with Gasteiger partial charge in [0.15, 0.2) is 0 Å². The minimum absolute atomic E-state index is 0.211. The van der Waals surface area contributed by atoms with E-state index < -0.39 is 38.9 Å². The third-order valence-electron chi connectivity index (χ3n) is 3.00. The fourth-order valence-electron chi connectivity index (χ4n) is 2.08. The van der Waals surface area contributed by atoms with Crippen LogP contribution in [0.15, 0.2) is 23.1 Å². The van der Waals surface area contributed by atoms with Crippen molar-refractivity contribution >= 4 is 27.6 Å². The van der Waals surface area contributed by atoms with Gasteiger partial charge in [-0.25, -0.2) is 12.8 Å². The first kappa shape index (κ1) is 15.2. The van der Waals surface area contributed by atoms with Crippen molar-refractivity contribution in [2.75, 3.05) is 6.54 Å². The number of hydrogen-bond acceptors (Lipinski definition) is 4. The molecular formula is C11H11ClFNO5S. The summed E-state index contributed by atoms with van der Waals surface area (Å²) in [4.78, 5) is 10.5. The van der Waals surface area contributed by atoms with Crippen molar-refractivity contribution in [2.45, 2.75) is 23.5 Å². The van der Waals surface area contributed by atoms with Gasteiger partial charge in [-0.05, 0) is 18.2 Å². The second-order valence-electron chi connectivity index (χ2n) is 4.39. The SMILES string of the molecule is O=C(O)[C@H]1C[C@@H](O)CN1S(=O)(=O)c1cc(F)ccc1Cl. The first-order valence-corrected chi connectivity index (χ1v) is 7.43. The number of benzene rings is 1. The summed E-state index contributed by atoms with van der Waals surface area (Å²) in [7, 11) is -4.30. The minimum Gasteiger partial charge on any atom is -0.480 e. The Morgan fingerprint density at radius 3 is 2.70 bits per heavy atom. The molecule has 1 aliphatic heterocycles. The van der Waals surface area contributed by atoms with E-state index in [4.69, 9.17) is 16.7 Å². The minimum atomic E-state index is -4.30. The Morgan fingerprint density at radius 1 is 1.45 bits per heavy atom. The number of aliphatic hydroxyl groups is 1. The van der Waals surface area contributed by atoms with Crippen LogP contribution in [0.3, 0.4) is 0 Å². The van der Waals surface area contributed by atoms with E-state index in [2.05, 4.69) is 0 Å². The molecule has 0 saturated carbocycles. The van der Waals surface area contributed by atoms with Crippen molar-refractivity contribution in [3.8, 4) is 0 Å². The zero-order chi connectivity index (χ0) is 15.1. The van der Waals surface area contributed by atoms with Crippen molar-refractivity contribution < 1.29 is 27.8 Å². The number of carboxylic acids is 1. The van der Waals surface area contributed by atoms with Crippen molar-refractivity contribution in [2.24, 2.45) is 0 Å². The Morgan fingerprint density at radius 2 is 2.10 bits per heavy atom. The Labute approximate surface area is 119 Å². The number of sulfonamides is 1. The lowest BCUT2D eigenvalue weighted by Crippen LogP contribution is -2.40. The van der Waals surface area contributed by atoms with Gasteiger partial charge in [0, 0.05) is 13.0 Å². The first-order valence-electron chi connectivity index (χ1n) is 5.61.